The predicted molar refractivity (Wildman–Crippen MR) is 93.3 cm³/mol. The van der Waals surface area contributed by atoms with E-state index in [-0.39, 0.29) is 11.3 Å². The summed E-state index contributed by atoms with van der Waals surface area (Å²) in [7, 11) is 0. The summed E-state index contributed by atoms with van der Waals surface area (Å²) in [6, 6.07) is 8.30. The topological polar surface area (TPSA) is 50.3 Å². The van der Waals surface area contributed by atoms with Crippen molar-refractivity contribution in [1.29, 1.82) is 0 Å². The second-order valence-electron chi connectivity index (χ2n) is 8.00. The fourth-order valence-electron chi connectivity index (χ4n) is 5.16. The van der Waals surface area contributed by atoms with Gasteiger partial charge in [0.1, 0.15) is 0 Å². The van der Waals surface area contributed by atoms with Gasteiger partial charge in [0.05, 0.1) is 22.7 Å². The Morgan fingerprint density at radius 3 is 2.71 bits per heavy atom. The fraction of sp³-hybridized carbons (Fsp3) is 0.632. The number of nitrogens with zero attached hydrogens (tertiary/aromatic N) is 2. The Hall–Kier alpha value is -1.59. The van der Waals surface area contributed by atoms with Crippen LogP contribution in [0.2, 0.25) is 0 Å². The first kappa shape index (κ1) is 14.7. The van der Waals surface area contributed by atoms with Crippen LogP contribution in [0, 0.1) is 5.92 Å². The van der Waals surface area contributed by atoms with E-state index in [4.69, 9.17) is 4.74 Å². The number of rotatable bonds is 3. The highest BCUT2D eigenvalue weighted by Crippen LogP contribution is 2.52. The Labute approximate surface area is 141 Å². The van der Waals surface area contributed by atoms with Gasteiger partial charge in [0.15, 0.2) is 0 Å². The number of ether oxygens (including phenoxy) is 1. The molecular formula is C19H25N3O2. The number of benzene rings is 1. The van der Waals surface area contributed by atoms with Crippen LogP contribution in [0.25, 0.3) is 11.0 Å². The summed E-state index contributed by atoms with van der Waals surface area (Å²) in [5, 5.41) is 0. The SMILES string of the molecule is CC1OC2(CN3CCC(n4c(=O)[nH]c5ccccc54)CC3)CC1C2. The molecule has 1 aromatic heterocycles. The third-order valence-corrected chi connectivity index (χ3v) is 6.43. The standard InChI is InChI=1S/C19H25N3O2/c1-13-14-10-19(11-14,24-13)12-21-8-6-15(7-9-21)22-17-5-3-2-4-16(17)20-18(22)23/h2-5,13-15H,6-12H2,1H3,(H,20,23). The van der Waals surface area contributed by atoms with Crippen molar-refractivity contribution in [3.8, 4) is 0 Å². The first-order chi connectivity index (χ1) is 11.6. The molecule has 1 N–H and O–H groups in total. The zero-order valence-corrected chi connectivity index (χ0v) is 14.2. The molecule has 24 heavy (non-hydrogen) atoms. The van der Waals surface area contributed by atoms with Crippen molar-refractivity contribution < 1.29 is 4.74 Å². The van der Waals surface area contributed by atoms with Gasteiger partial charge in [-0.3, -0.25) is 4.57 Å². The van der Waals surface area contributed by atoms with Crippen molar-refractivity contribution in [1.82, 2.24) is 14.5 Å². The number of nitrogens with one attached hydrogen (secondary N) is 1. The number of piperidine rings is 1. The number of hydrogen-bond donors (Lipinski definition) is 1. The molecule has 4 aliphatic rings. The van der Waals surface area contributed by atoms with E-state index in [9.17, 15) is 4.79 Å². The lowest BCUT2D eigenvalue weighted by Crippen LogP contribution is -2.50. The van der Waals surface area contributed by atoms with Crippen molar-refractivity contribution in [2.75, 3.05) is 19.6 Å². The molecule has 2 aromatic rings. The van der Waals surface area contributed by atoms with Crippen LogP contribution in [0.3, 0.4) is 0 Å². The molecule has 1 aliphatic carbocycles. The fourth-order valence-corrected chi connectivity index (χ4v) is 5.16. The number of imidazole rings is 1. The number of para-hydroxylation sites is 2. The molecule has 5 heteroatoms. The summed E-state index contributed by atoms with van der Waals surface area (Å²) in [6.45, 7) is 5.40. The molecule has 128 valence electrons. The number of aromatic nitrogens is 2. The van der Waals surface area contributed by atoms with Gasteiger partial charge in [-0.15, -0.1) is 0 Å². The molecule has 1 unspecified atom stereocenters. The summed E-state index contributed by atoms with van der Waals surface area (Å²) >= 11 is 0. The zero-order chi connectivity index (χ0) is 16.3. The average molecular weight is 327 g/mol. The largest absolute Gasteiger partial charge is 0.370 e. The summed E-state index contributed by atoms with van der Waals surface area (Å²) in [5.41, 5.74) is 2.16. The van der Waals surface area contributed by atoms with Gasteiger partial charge in [0, 0.05) is 25.7 Å². The van der Waals surface area contributed by atoms with E-state index in [0.717, 1.165) is 49.4 Å². The highest BCUT2D eigenvalue weighted by Gasteiger charge is 2.56. The van der Waals surface area contributed by atoms with Gasteiger partial charge in [-0.05, 0) is 50.7 Å². The molecule has 1 atom stereocenters. The maximum Gasteiger partial charge on any atom is 0.326 e. The Morgan fingerprint density at radius 2 is 2.00 bits per heavy atom. The van der Waals surface area contributed by atoms with E-state index in [1.54, 1.807) is 0 Å². The van der Waals surface area contributed by atoms with Gasteiger partial charge < -0.3 is 14.6 Å². The number of fused-ring (bicyclic) bond motifs is 2. The smallest absolute Gasteiger partial charge is 0.326 e. The van der Waals surface area contributed by atoms with Gasteiger partial charge in [0.2, 0.25) is 0 Å². The van der Waals surface area contributed by atoms with Crippen LogP contribution in [-0.4, -0.2) is 45.8 Å². The number of likely N-dealkylation sites (tertiary alicyclic amines) is 1. The lowest BCUT2D eigenvalue weighted by atomic mass is 9.72. The van der Waals surface area contributed by atoms with Crippen LogP contribution in [0.4, 0.5) is 0 Å². The number of H-pyrrole nitrogens is 1. The minimum absolute atomic E-state index is 0.0306. The zero-order valence-electron chi connectivity index (χ0n) is 14.2. The van der Waals surface area contributed by atoms with Crippen molar-refractivity contribution in [3.05, 3.63) is 34.7 Å². The second-order valence-corrected chi connectivity index (χ2v) is 8.00. The maximum atomic E-state index is 12.4. The molecule has 2 bridgehead atoms. The summed E-state index contributed by atoms with van der Waals surface area (Å²) in [4.78, 5) is 17.9. The molecule has 4 heterocycles. The summed E-state index contributed by atoms with van der Waals surface area (Å²) in [6.07, 6.45) is 5.02. The lowest BCUT2D eigenvalue weighted by Gasteiger charge is -2.42. The molecule has 3 saturated heterocycles. The summed E-state index contributed by atoms with van der Waals surface area (Å²) in [5.74, 6) is 0.798. The van der Waals surface area contributed by atoms with Crippen molar-refractivity contribution >= 4 is 11.0 Å². The molecule has 3 aliphatic heterocycles. The molecule has 1 saturated carbocycles. The highest BCUT2D eigenvalue weighted by molar-refractivity contribution is 5.75. The van der Waals surface area contributed by atoms with Gasteiger partial charge in [0.25, 0.3) is 0 Å². The van der Waals surface area contributed by atoms with Crippen LogP contribution >= 0.6 is 0 Å². The third-order valence-electron chi connectivity index (χ3n) is 6.43. The maximum absolute atomic E-state index is 12.4. The van der Waals surface area contributed by atoms with E-state index in [2.05, 4.69) is 16.8 Å². The molecule has 4 fully saturated rings. The quantitative estimate of drug-likeness (QED) is 0.942. The molecule has 0 amide bonds. The van der Waals surface area contributed by atoms with Crippen LogP contribution < -0.4 is 5.69 Å². The number of aromatic amines is 1. The van der Waals surface area contributed by atoms with Crippen molar-refractivity contribution in [2.45, 2.75) is 50.4 Å². The first-order valence-corrected chi connectivity index (χ1v) is 9.23. The van der Waals surface area contributed by atoms with Gasteiger partial charge in [-0.2, -0.15) is 0 Å². The summed E-state index contributed by atoms with van der Waals surface area (Å²) < 4.78 is 8.17. The van der Waals surface area contributed by atoms with Crippen molar-refractivity contribution in [3.63, 3.8) is 0 Å². The van der Waals surface area contributed by atoms with E-state index in [0.29, 0.717) is 12.1 Å². The Bertz CT molecular complexity index is 809. The minimum atomic E-state index is 0.0306. The number of hydrogen-bond acceptors (Lipinski definition) is 3. The van der Waals surface area contributed by atoms with Gasteiger partial charge in [-0.25, -0.2) is 4.79 Å². The van der Waals surface area contributed by atoms with Gasteiger partial charge >= 0.3 is 5.69 Å². The third kappa shape index (κ3) is 2.18. The van der Waals surface area contributed by atoms with E-state index < -0.39 is 0 Å². The Morgan fingerprint density at radius 1 is 1.25 bits per heavy atom. The highest BCUT2D eigenvalue weighted by atomic mass is 16.5. The Balaban J connectivity index is 1.28. The predicted octanol–water partition coefficient (Wildman–Crippen LogP) is 2.53. The van der Waals surface area contributed by atoms with E-state index >= 15 is 0 Å². The van der Waals surface area contributed by atoms with Crippen LogP contribution in [0.5, 0.6) is 0 Å². The average Bonchev–Trinajstić information content (AvgIpc) is 3.14. The van der Waals surface area contributed by atoms with Crippen molar-refractivity contribution in [2.24, 2.45) is 5.92 Å². The lowest BCUT2D eigenvalue weighted by molar-refractivity contribution is -0.0489. The Kier molecular flexibility index (Phi) is 3.19. The molecule has 1 aromatic carbocycles. The minimum Gasteiger partial charge on any atom is -0.370 e. The normalized spacial score (nSPS) is 33.9. The molecule has 0 radical (unpaired) electrons. The van der Waals surface area contributed by atoms with Crippen LogP contribution in [-0.2, 0) is 4.74 Å². The molecule has 6 rings (SSSR count). The molecule has 0 spiro atoms. The first-order valence-electron chi connectivity index (χ1n) is 9.23. The van der Waals surface area contributed by atoms with E-state index in [1.165, 1.54) is 12.8 Å². The van der Waals surface area contributed by atoms with E-state index in [1.807, 2.05) is 28.8 Å². The van der Waals surface area contributed by atoms with Crippen LogP contribution in [0.1, 0.15) is 38.6 Å². The van der Waals surface area contributed by atoms with Gasteiger partial charge in [-0.1, -0.05) is 12.1 Å². The second kappa shape index (κ2) is 5.20. The monoisotopic (exact) mass is 327 g/mol. The molecule has 5 nitrogen and oxygen atoms in total. The van der Waals surface area contributed by atoms with Crippen LogP contribution in [0.15, 0.2) is 29.1 Å². The molecular weight excluding hydrogens is 302 g/mol.